The second kappa shape index (κ2) is 6.48. The number of fused-ring (bicyclic) bond motifs is 1. The Morgan fingerprint density at radius 1 is 1.00 bits per heavy atom. The van der Waals surface area contributed by atoms with E-state index >= 15 is 0 Å². The molecular weight excluding hydrogens is 334 g/mol. The molecule has 0 aliphatic carbocycles. The number of rotatable bonds is 4. The van der Waals surface area contributed by atoms with E-state index in [-0.39, 0.29) is 9.79 Å². The summed E-state index contributed by atoms with van der Waals surface area (Å²) >= 11 is 0. The number of nitrogens with zero attached hydrogens (tertiary/aromatic N) is 1. The molecule has 2 aromatic carbocycles. The summed E-state index contributed by atoms with van der Waals surface area (Å²) in [4.78, 5) is 12.9. The van der Waals surface area contributed by atoms with Crippen LogP contribution in [0.2, 0.25) is 0 Å². The smallest absolute Gasteiger partial charge is 0.211 e. The summed E-state index contributed by atoms with van der Waals surface area (Å²) in [6.07, 6.45) is 2.29. The Morgan fingerprint density at radius 2 is 1.68 bits per heavy atom. The van der Waals surface area contributed by atoms with Crippen molar-refractivity contribution in [3.05, 3.63) is 70.0 Å². The van der Waals surface area contributed by atoms with Gasteiger partial charge in [0, 0.05) is 18.1 Å². The highest BCUT2D eigenvalue weighted by molar-refractivity contribution is 7.91. The van der Waals surface area contributed by atoms with Gasteiger partial charge in [-0.3, -0.25) is 4.79 Å². The topological polar surface area (TPSA) is 56.1 Å². The molecule has 0 spiro atoms. The van der Waals surface area contributed by atoms with Gasteiger partial charge >= 0.3 is 0 Å². The van der Waals surface area contributed by atoms with Crippen LogP contribution in [-0.2, 0) is 22.8 Å². The molecular formula is C20H21NO3S. The van der Waals surface area contributed by atoms with Crippen molar-refractivity contribution in [2.45, 2.75) is 43.5 Å². The van der Waals surface area contributed by atoms with Crippen molar-refractivity contribution in [1.29, 1.82) is 0 Å². The van der Waals surface area contributed by atoms with Crippen molar-refractivity contribution >= 4 is 20.7 Å². The molecule has 0 aliphatic heterocycles. The molecule has 0 amide bonds. The Kier molecular flexibility index (Phi) is 4.52. The normalized spacial score (nSPS) is 11.8. The summed E-state index contributed by atoms with van der Waals surface area (Å²) < 4.78 is 27.9. The van der Waals surface area contributed by atoms with Crippen molar-refractivity contribution in [2.24, 2.45) is 0 Å². The van der Waals surface area contributed by atoms with E-state index in [2.05, 4.69) is 0 Å². The largest absolute Gasteiger partial charge is 0.346 e. The van der Waals surface area contributed by atoms with Crippen LogP contribution in [0.25, 0.3) is 10.9 Å². The average Bonchev–Trinajstić information content (AvgIpc) is 2.62. The van der Waals surface area contributed by atoms with Crippen molar-refractivity contribution in [3.63, 3.8) is 0 Å². The number of aryl methyl sites for hydroxylation is 3. The number of sulfone groups is 1. The van der Waals surface area contributed by atoms with Crippen molar-refractivity contribution < 1.29 is 8.42 Å². The first-order valence-corrected chi connectivity index (χ1v) is 9.84. The Hall–Kier alpha value is -2.40. The van der Waals surface area contributed by atoms with Gasteiger partial charge in [0.2, 0.25) is 15.3 Å². The maximum Gasteiger partial charge on any atom is 0.211 e. The van der Waals surface area contributed by atoms with Gasteiger partial charge in [0.05, 0.1) is 10.4 Å². The van der Waals surface area contributed by atoms with Gasteiger partial charge in [-0.25, -0.2) is 8.42 Å². The van der Waals surface area contributed by atoms with Crippen molar-refractivity contribution in [2.75, 3.05) is 0 Å². The SMILES string of the molecule is CCc1ccc(S(=O)(=O)c2cn(CC)c3ccc(C)cc3c2=O)cc1. The lowest BCUT2D eigenvalue weighted by Crippen LogP contribution is -2.19. The molecule has 0 aliphatic rings. The van der Waals surface area contributed by atoms with E-state index < -0.39 is 15.3 Å². The molecule has 5 heteroatoms. The van der Waals surface area contributed by atoms with Gasteiger partial charge in [0.1, 0.15) is 4.90 Å². The molecule has 3 rings (SSSR count). The highest BCUT2D eigenvalue weighted by Gasteiger charge is 2.23. The molecule has 25 heavy (non-hydrogen) atoms. The van der Waals surface area contributed by atoms with E-state index in [0.29, 0.717) is 11.9 Å². The summed E-state index contributed by atoms with van der Waals surface area (Å²) in [5, 5.41) is 0.438. The molecule has 3 aromatic rings. The van der Waals surface area contributed by atoms with Crippen LogP contribution in [0.5, 0.6) is 0 Å². The molecule has 0 saturated heterocycles. The third-order valence-electron chi connectivity index (χ3n) is 4.48. The van der Waals surface area contributed by atoms with Crippen LogP contribution < -0.4 is 5.43 Å². The molecule has 1 aromatic heterocycles. The highest BCUT2D eigenvalue weighted by Crippen LogP contribution is 2.22. The van der Waals surface area contributed by atoms with Crippen molar-refractivity contribution in [1.82, 2.24) is 4.57 Å². The van der Waals surface area contributed by atoms with Gasteiger partial charge in [-0.1, -0.05) is 30.7 Å². The summed E-state index contributed by atoms with van der Waals surface area (Å²) in [6.45, 7) is 6.41. The zero-order chi connectivity index (χ0) is 18.2. The molecule has 4 nitrogen and oxygen atoms in total. The monoisotopic (exact) mass is 355 g/mol. The first kappa shape index (κ1) is 17.4. The molecule has 130 valence electrons. The fraction of sp³-hybridized carbons (Fsp3) is 0.250. The maximum atomic E-state index is 13.0. The highest BCUT2D eigenvalue weighted by atomic mass is 32.2. The van der Waals surface area contributed by atoms with Gasteiger partial charge < -0.3 is 4.57 Å². The summed E-state index contributed by atoms with van der Waals surface area (Å²) in [5.74, 6) is 0. The molecule has 0 saturated carbocycles. The van der Waals surface area contributed by atoms with E-state index in [1.807, 2.05) is 37.5 Å². The number of pyridine rings is 1. The average molecular weight is 355 g/mol. The van der Waals surface area contributed by atoms with Crippen LogP contribution in [0.4, 0.5) is 0 Å². The number of benzene rings is 2. The van der Waals surface area contributed by atoms with Crippen LogP contribution in [0.3, 0.4) is 0 Å². The second-order valence-electron chi connectivity index (χ2n) is 6.13. The Labute approximate surface area is 147 Å². The molecule has 0 bridgehead atoms. The first-order chi connectivity index (χ1) is 11.9. The van der Waals surface area contributed by atoms with Gasteiger partial charge in [0.25, 0.3) is 0 Å². The summed E-state index contributed by atoms with van der Waals surface area (Å²) in [7, 11) is -3.86. The third-order valence-corrected chi connectivity index (χ3v) is 6.24. The lowest BCUT2D eigenvalue weighted by molar-refractivity contribution is 0.593. The molecule has 0 radical (unpaired) electrons. The molecule has 0 fully saturated rings. The van der Waals surface area contributed by atoms with Crippen LogP contribution in [0.15, 0.2) is 63.2 Å². The molecule has 1 heterocycles. The molecule has 0 atom stereocenters. The first-order valence-electron chi connectivity index (χ1n) is 8.36. The standard InChI is InChI=1S/C20H21NO3S/c1-4-15-7-9-16(10-8-15)25(23,24)19-13-21(5-2)18-11-6-14(3)12-17(18)20(19)22/h6-13H,4-5H2,1-3H3. The van der Waals surface area contributed by atoms with Gasteiger partial charge in [-0.2, -0.15) is 0 Å². The van der Waals surface area contributed by atoms with E-state index in [0.717, 1.165) is 23.1 Å². The number of hydrogen-bond acceptors (Lipinski definition) is 3. The van der Waals surface area contributed by atoms with Crippen LogP contribution in [0.1, 0.15) is 25.0 Å². The van der Waals surface area contributed by atoms with Crippen LogP contribution >= 0.6 is 0 Å². The zero-order valence-electron chi connectivity index (χ0n) is 14.6. The summed E-state index contributed by atoms with van der Waals surface area (Å²) in [5.41, 5.74) is 2.29. The van der Waals surface area contributed by atoms with E-state index in [4.69, 9.17) is 0 Å². The summed E-state index contributed by atoms with van der Waals surface area (Å²) in [6, 6.07) is 12.3. The minimum Gasteiger partial charge on any atom is -0.346 e. The number of aromatic nitrogens is 1. The third kappa shape index (κ3) is 3.00. The van der Waals surface area contributed by atoms with Gasteiger partial charge in [0.15, 0.2) is 0 Å². The maximum absolute atomic E-state index is 13.0. The molecule has 0 N–H and O–H groups in total. The Balaban J connectivity index is 2.30. The lowest BCUT2D eigenvalue weighted by atomic mass is 10.1. The quantitative estimate of drug-likeness (QED) is 0.717. The van der Waals surface area contributed by atoms with E-state index in [1.165, 1.54) is 6.20 Å². The fourth-order valence-corrected chi connectivity index (χ4v) is 4.34. The van der Waals surface area contributed by atoms with Crippen LogP contribution in [0, 0.1) is 6.92 Å². The minimum absolute atomic E-state index is 0.149. The lowest BCUT2D eigenvalue weighted by Gasteiger charge is -2.13. The van der Waals surface area contributed by atoms with E-state index in [1.54, 1.807) is 30.3 Å². The number of hydrogen-bond donors (Lipinski definition) is 0. The van der Waals surface area contributed by atoms with E-state index in [9.17, 15) is 13.2 Å². The predicted octanol–water partition coefficient (Wildman–Crippen LogP) is 3.73. The van der Waals surface area contributed by atoms with Gasteiger partial charge in [-0.05, 0) is 50.1 Å². The molecule has 0 unspecified atom stereocenters. The van der Waals surface area contributed by atoms with Crippen molar-refractivity contribution in [3.8, 4) is 0 Å². The zero-order valence-corrected chi connectivity index (χ0v) is 15.4. The van der Waals surface area contributed by atoms with Crippen LogP contribution in [-0.4, -0.2) is 13.0 Å². The second-order valence-corrected chi connectivity index (χ2v) is 8.05. The Morgan fingerprint density at radius 3 is 2.28 bits per heavy atom. The Bertz CT molecular complexity index is 1090. The predicted molar refractivity (Wildman–Crippen MR) is 99.9 cm³/mol. The fourth-order valence-electron chi connectivity index (χ4n) is 2.97. The van der Waals surface area contributed by atoms with Gasteiger partial charge in [-0.15, -0.1) is 0 Å². The minimum atomic E-state index is -3.86.